The molecular weight excluding hydrogens is 285 g/mol. The smallest absolute Gasteiger partial charge is 0.351 e. The van der Waals surface area contributed by atoms with Crippen LogP contribution >= 0.6 is 9.39 Å². The van der Waals surface area contributed by atoms with Crippen molar-refractivity contribution in [1.82, 2.24) is 30.0 Å². The summed E-state index contributed by atoms with van der Waals surface area (Å²) in [4.78, 5) is 11.4. The fourth-order valence-corrected chi connectivity index (χ4v) is 1.69. The van der Waals surface area contributed by atoms with Crippen molar-refractivity contribution in [1.29, 1.82) is 0 Å². The highest BCUT2D eigenvalue weighted by atomic mass is 31.0. The number of carbonyl (C=O) groups excluding carboxylic acids is 1. The molecule has 0 aliphatic rings. The summed E-state index contributed by atoms with van der Waals surface area (Å²) in [6.07, 6.45) is 1.70. The number of nitrogens with two attached hydrogens (primary N) is 2. The topological polar surface area (TPSA) is 142 Å². The third-order valence-corrected chi connectivity index (χ3v) is 2.66. The zero-order valence-corrected chi connectivity index (χ0v) is 11.7. The molecular formula is C8H14N9O2P. The zero-order chi connectivity index (χ0) is 14.7. The van der Waals surface area contributed by atoms with Crippen LogP contribution in [0.4, 0.5) is 10.6 Å². The van der Waals surface area contributed by atoms with Crippen LogP contribution in [0.15, 0.2) is 12.3 Å². The Morgan fingerprint density at radius 2 is 2.40 bits per heavy atom. The highest BCUT2D eigenvalue weighted by Crippen LogP contribution is 2.17. The van der Waals surface area contributed by atoms with Crippen molar-refractivity contribution >= 4 is 21.2 Å². The quantitative estimate of drug-likeness (QED) is 0.269. The second-order valence-corrected chi connectivity index (χ2v) is 4.25. The highest BCUT2D eigenvalue weighted by Gasteiger charge is 2.21. The average Bonchev–Trinajstić information content (AvgIpc) is 3.01. The Morgan fingerprint density at radius 1 is 1.65 bits per heavy atom. The monoisotopic (exact) mass is 299 g/mol. The predicted molar refractivity (Wildman–Crippen MR) is 72.1 cm³/mol. The Hall–Kier alpha value is -2.23. The molecule has 11 nitrogen and oxygen atoms in total. The molecule has 2 heterocycles. The van der Waals surface area contributed by atoms with Crippen LogP contribution in [0.1, 0.15) is 5.69 Å². The van der Waals surface area contributed by atoms with Gasteiger partial charge in [0.1, 0.15) is 12.3 Å². The van der Waals surface area contributed by atoms with E-state index in [-0.39, 0.29) is 12.4 Å². The summed E-state index contributed by atoms with van der Waals surface area (Å²) in [5.41, 5.74) is 2.29. The molecule has 0 saturated carbocycles. The first-order chi connectivity index (χ1) is 9.52. The Kier molecular flexibility index (Phi) is 4.13. The van der Waals surface area contributed by atoms with Crippen molar-refractivity contribution in [3.63, 3.8) is 0 Å². The summed E-state index contributed by atoms with van der Waals surface area (Å²) in [7, 11) is 3.96. The number of aromatic nitrogens is 5. The van der Waals surface area contributed by atoms with E-state index in [2.05, 4.69) is 24.8 Å². The van der Waals surface area contributed by atoms with E-state index in [4.69, 9.17) is 16.4 Å². The molecule has 108 valence electrons. The minimum atomic E-state index is -0.703. The standard InChI is InChI=1S/C8H14N9O2P/c1-15-7(17(10)8(18)11-9)5(12-14-15)4-19-6-2-3-16(20)13-6/h2-3H,4,9-10,20H2,1H3,(H,11,18). The Morgan fingerprint density at radius 3 is 3.00 bits per heavy atom. The molecule has 2 aromatic rings. The van der Waals surface area contributed by atoms with Gasteiger partial charge < -0.3 is 4.74 Å². The van der Waals surface area contributed by atoms with Crippen LogP contribution in [0.5, 0.6) is 5.88 Å². The third kappa shape index (κ3) is 2.85. The van der Waals surface area contributed by atoms with Gasteiger partial charge in [0.25, 0.3) is 0 Å². The lowest BCUT2D eigenvalue weighted by atomic mass is 10.4. The van der Waals surface area contributed by atoms with Crippen molar-refractivity contribution in [3.8, 4) is 5.88 Å². The SMILES string of the molecule is Cn1nnc(COc2ccn(P)n2)c1N(N)C(=O)NN. The van der Waals surface area contributed by atoms with Gasteiger partial charge in [-0.25, -0.2) is 26.2 Å². The van der Waals surface area contributed by atoms with Crippen LogP contribution < -0.4 is 26.9 Å². The number of nitrogens with zero attached hydrogens (tertiary/aromatic N) is 6. The number of anilines is 1. The molecule has 12 heteroatoms. The second kappa shape index (κ2) is 5.82. The number of urea groups is 1. The third-order valence-electron chi connectivity index (χ3n) is 2.38. The first-order valence-corrected chi connectivity index (χ1v) is 5.92. The van der Waals surface area contributed by atoms with E-state index in [0.29, 0.717) is 11.6 Å². The lowest BCUT2D eigenvalue weighted by Crippen LogP contribution is -2.48. The molecule has 0 bridgehead atoms. The van der Waals surface area contributed by atoms with Crippen molar-refractivity contribution in [3.05, 3.63) is 18.0 Å². The molecule has 2 aromatic heterocycles. The van der Waals surface area contributed by atoms with Crippen molar-refractivity contribution in [2.45, 2.75) is 6.61 Å². The van der Waals surface area contributed by atoms with Crippen LogP contribution in [0.2, 0.25) is 0 Å². The van der Waals surface area contributed by atoms with E-state index in [0.717, 1.165) is 5.01 Å². The first-order valence-electron chi connectivity index (χ1n) is 5.40. The Bertz CT molecular complexity index is 609. The molecule has 0 spiro atoms. The van der Waals surface area contributed by atoms with Crippen LogP contribution in [-0.4, -0.2) is 30.6 Å². The predicted octanol–water partition coefficient (Wildman–Crippen LogP) is -1.51. The van der Waals surface area contributed by atoms with Crippen LogP contribution in [0.25, 0.3) is 0 Å². The molecule has 0 saturated heterocycles. The number of hydrogen-bond donors (Lipinski definition) is 3. The first kappa shape index (κ1) is 14.2. The summed E-state index contributed by atoms with van der Waals surface area (Å²) in [5.74, 6) is 11.3. The summed E-state index contributed by atoms with van der Waals surface area (Å²) in [6.45, 7) is 0.0520. The molecule has 5 N–H and O–H groups in total. The highest BCUT2D eigenvalue weighted by molar-refractivity contribution is 7.14. The van der Waals surface area contributed by atoms with Gasteiger partial charge in [0.05, 0.1) is 0 Å². The summed E-state index contributed by atoms with van der Waals surface area (Å²) >= 11 is 0. The Labute approximate surface area is 116 Å². The average molecular weight is 299 g/mol. The number of hydrazine groups is 2. The van der Waals surface area contributed by atoms with Gasteiger partial charge in [0, 0.05) is 19.3 Å². The van der Waals surface area contributed by atoms with Gasteiger partial charge in [0.15, 0.2) is 5.82 Å². The van der Waals surface area contributed by atoms with E-state index >= 15 is 0 Å². The zero-order valence-electron chi connectivity index (χ0n) is 10.6. The van der Waals surface area contributed by atoms with E-state index in [1.165, 1.54) is 9.13 Å². The maximum Gasteiger partial charge on any atom is 0.351 e. The number of nitrogens with one attached hydrogen (secondary N) is 1. The Balaban J connectivity index is 2.14. The van der Waals surface area contributed by atoms with E-state index in [1.807, 2.05) is 5.43 Å². The van der Waals surface area contributed by atoms with E-state index < -0.39 is 6.03 Å². The molecule has 0 aliphatic heterocycles. The minimum absolute atomic E-state index is 0.0520. The molecule has 2 rings (SSSR count). The van der Waals surface area contributed by atoms with Gasteiger partial charge in [-0.1, -0.05) is 5.21 Å². The van der Waals surface area contributed by atoms with Crippen molar-refractivity contribution < 1.29 is 9.53 Å². The fraction of sp³-hybridized carbons (Fsp3) is 0.250. The maximum atomic E-state index is 11.4. The summed E-state index contributed by atoms with van der Waals surface area (Å²) in [5, 5.41) is 12.5. The molecule has 2 amide bonds. The molecule has 0 aromatic carbocycles. The minimum Gasteiger partial charge on any atom is -0.470 e. The van der Waals surface area contributed by atoms with Crippen LogP contribution in [0, 0.1) is 0 Å². The molecule has 0 aliphatic carbocycles. The fourth-order valence-electron chi connectivity index (χ4n) is 1.49. The number of ether oxygens (including phenoxy) is 1. The van der Waals surface area contributed by atoms with E-state index in [9.17, 15) is 4.79 Å². The van der Waals surface area contributed by atoms with Gasteiger partial charge in [0.2, 0.25) is 5.88 Å². The number of aryl methyl sites for hydroxylation is 1. The van der Waals surface area contributed by atoms with Crippen LogP contribution in [-0.2, 0) is 13.7 Å². The van der Waals surface area contributed by atoms with Gasteiger partial charge in [-0.2, -0.15) is 0 Å². The molecule has 1 atom stereocenters. The lowest BCUT2D eigenvalue weighted by molar-refractivity contribution is 0.246. The number of rotatable bonds is 4. The van der Waals surface area contributed by atoms with Gasteiger partial charge in [-0.3, -0.25) is 9.88 Å². The second-order valence-electron chi connectivity index (χ2n) is 3.73. The lowest BCUT2D eigenvalue weighted by Gasteiger charge is -2.16. The number of hydrogen-bond acceptors (Lipinski definition) is 7. The van der Waals surface area contributed by atoms with Gasteiger partial charge in [-0.05, 0) is 9.39 Å². The largest absolute Gasteiger partial charge is 0.470 e. The van der Waals surface area contributed by atoms with Crippen molar-refractivity contribution in [2.24, 2.45) is 18.7 Å². The number of amides is 2. The van der Waals surface area contributed by atoms with Crippen molar-refractivity contribution in [2.75, 3.05) is 5.01 Å². The van der Waals surface area contributed by atoms with Gasteiger partial charge in [-0.15, -0.1) is 10.2 Å². The molecule has 1 unspecified atom stereocenters. The molecule has 0 fully saturated rings. The number of carbonyl (C=O) groups is 1. The molecule has 0 radical (unpaired) electrons. The summed E-state index contributed by atoms with van der Waals surface area (Å²) < 4.78 is 8.28. The van der Waals surface area contributed by atoms with E-state index in [1.54, 1.807) is 19.3 Å². The maximum absolute atomic E-state index is 11.4. The normalized spacial score (nSPS) is 10.4. The van der Waals surface area contributed by atoms with Gasteiger partial charge >= 0.3 is 6.03 Å². The van der Waals surface area contributed by atoms with Crippen LogP contribution in [0.3, 0.4) is 0 Å². The molecule has 20 heavy (non-hydrogen) atoms. The summed E-state index contributed by atoms with van der Waals surface area (Å²) in [6, 6.07) is 0.974.